The minimum absolute atomic E-state index is 0.241. The molecule has 0 unspecified atom stereocenters. The normalized spacial score (nSPS) is 33.7. The third-order valence-corrected chi connectivity index (χ3v) is 3.12. The topological polar surface area (TPSA) is 132 Å². The minimum atomic E-state index is -1.54. The molecule has 1 aromatic rings. The van der Waals surface area contributed by atoms with Gasteiger partial charge in [0.15, 0.2) is 6.29 Å². The SMILES string of the molecule is O=C(N[C@@H]1[C@@H](O)[C@H](O)[C@@H](CO)O[C@H]1O)c1cccnc1. The van der Waals surface area contributed by atoms with Crippen molar-refractivity contribution in [3.8, 4) is 0 Å². The van der Waals surface area contributed by atoms with Gasteiger partial charge in [-0.2, -0.15) is 0 Å². The van der Waals surface area contributed by atoms with Gasteiger partial charge < -0.3 is 30.5 Å². The minimum Gasteiger partial charge on any atom is -0.394 e. The molecule has 1 aliphatic rings. The number of nitrogens with zero attached hydrogens (tertiary/aromatic N) is 1. The van der Waals surface area contributed by atoms with Crippen molar-refractivity contribution in [2.24, 2.45) is 0 Å². The van der Waals surface area contributed by atoms with E-state index in [1.54, 1.807) is 6.07 Å². The number of aromatic nitrogens is 1. The van der Waals surface area contributed by atoms with Crippen molar-refractivity contribution in [3.05, 3.63) is 30.1 Å². The summed E-state index contributed by atoms with van der Waals surface area (Å²) in [6, 6.07) is 1.87. The summed E-state index contributed by atoms with van der Waals surface area (Å²) in [5.41, 5.74) is 0.241. The second-order valence-corrected chi connectivity index (χ2v) is 4.47. The zero-order valence-corrected chi connectivity index (χ0v) is 10.5. The van der Waals surface area contributed by atoms with E-state index in [0.29, 0.717) is 0 Å². The summed E-state index contributed by atoms with van der Waals surface area (Å²) in [5, 5.41) is 40.6. The fraction of sp³-hybridized carbons (Fsp3) is 0.500. The highest BCUT2D eigenvalue weighted by molar-refractivity contribution is 5.94. The van der Waals surface area contributed by atoms with E-state index < -0.39 is 43.2 Å². The maximum absolute atomic E-state index is 11.9. The number of ether oxygens (including phenoxy) is 1. The number of nitrogens with one attached hydrogen (secondary N) is 1. The molecule has 0 aromatic carbocycles. The Morgan fingerprint density at radius 2 is 2.10 bits per heavy atom. The van der Waals surface area contributed by atoms with Gasteiger partial charge in [0.2, 0.25) is 0 Å². The van der Waals surface area contributed by atoms with Crippen LogP contribution >= 0.6 is 0 Å². The van der Waals surface area contributed by atoms with Gasteiger partial charge in [-0.25, -0.2) is 0 Å². The van der Waals surface area contributed by atoms with Gasteiger partial charge in [-0.15, -0.1) is 0 Å². The molecule has 0 aliphatic carbocycles. The number of aliphatic hydroxyl groups excluding tert-OH is 4. The van der Waals surface area contributed by atoms with Crippen LogP contribution in [0.3, 0.4) is 0 Å². The Labute approximate surface area is 114 Å². The summed E-state index contributed by atoms with van der Waals surface area (Å²) >= 11 is 0. The molecule has 2 heterocycles. The molecule has 1 amide bonds. The number of rotatable bonds is 3. The third-order valence-electron chi connectivity index (χ3n) is 3.12. The smallest absolute Gasteiger partial charge is 0.253 e. The predicted molar refractivity (Wildman–Crippen MR) is 65.5 cm³/mol. The van der Waals surface area contributed by atoms with Gasteiger partial charge in [-0.1, -0.05) is 0 Å². The largest absolute Gasteiger partial charge is 0.394 e. The van der Waals surface area contributed by atoms with Gasteiger partial charge in [0.1, 0.15) is 24.4 Å². The van der Waals surface area contributed by atoms with E-state index in [1.807, 2.05) is 0 Å². The number of pyridine rings is 1. The fourth-order valence-corrected chi connectivity index (χ4v) is 1.98. The summed E-state index contributed by atoms with van der Waals surface area (Å²) in [6.45, 7) is -0.557. The number of carbonyl (C=O) groups excluding carboxylic acids is 1. The Balaban J connectivity index is 2.07. The molecule has 0 spiro atoms. The summed E-state index contributed by atoms with van der Waals surface area (Å²) in [4.78, 5) is 15.7. The van der Waals surface area contributed by atoms with Gasteiger partial charge in [-0.3, -0.25) is 9.78 Å². The molecule has 0 bridgehead atoms. The van der Waals surface area contributed by atoms with E-state index in [0.717, 1.165) is 0 Å². The van der Waals surface area contributed by atoms with Crippen LogP contribution in [0.15, 0.2) is 24.5 Å². The second kappa shape index (κ2) is 6.25. The monoisotopic (exact) mass is 284 g/mol. The molecule has 1 aliphatic heterocycles. The lowest BCUT2D eigenvalue weighted by Gasteiger charge is -2.40. The molecule has 1 aromatic heterocycles. The van der Waals surface area contributed by atoms with Crippen LogP contribution in [0, 0.1) is 0 Å². The molecule has 20 heavy (non-hydrogen) atoms. The van der Waals surface area contributed by atoms with E-state index in [4.69, 9.17) is 9.84 Å². The highest BCUT2D eigenvalue weighted by Crippen LogP contribution is 2.20. The van der Waals surface area contributed by atoms with Crippen molar-refractivity contribution < 1.29 is 30.0 Å². The summed E-state index contributed by atoms with van der Waals surface area (Å²) in [7, 11) is 0. The molecular weight excluding hydrogens is 268 g/mol. The molecule has 0 radical (unpaired) electrons. The van der Waals surface area contributed by atoms with Gasteiger partial charge in [0, 0.05) is 12.4 Å². The lowest BCUT2D eigenvalue weighted by molar-refractivity contribution is -0.252. The molecule has 1 saturated heterocycles. The summed E-state index contributed by atoms with van der Waals surface area (Å²) < 4.78 is 4.93. The van der Waals surface area contributed by atoms with Crippen molar-refractivity contribution >= 4 is 5.91 Å². The molecule has 110 valence electrons. The zero-order valence-electron chi connectivity index (χ0n) is 10.5. The van der Waals surface area contributed by atoms with E-state index in [-0.39, 0.29) is 5.56 Å². The van der Waals surface area contributed by atoms with Crippen LogP contribution in [0.4, 0.5) is 0 Å². The maximum Gasteiger partial charge on any atom is 0.253 e. The summed E-state index contributed by atoms with van der Waals surface area (Å²) in [6.07, 6.45) is -2.69. The molecule has 5 N–H and O–H groups in total. The number of amides is 1. The zero-order chi connectivity index (χ0) is 14.7. The quantitative estimate of drug-likeness (QED) is 0.418. The average molecular weight is 284 g/mol. The van der Waals surface area contributed by atoms with Crippen LogP contribution in [-0.4, -0.2) is 68.6 Å². The van der Waals surface area contributed by atoms with Crippen LogP contribution < -0.4 is 5.32 Å². The first-order valence-corrected chi connectivity index (χ1v) is 6.06. The van der Waals surface area contributed by atoms with Crippen molar-refractivity contribution in [1.29, 1.82) is 0 Å². The van der Waals surface area contributed by atoms with E-state index in [2.05, 4.69) is 10.3 Å². The first-order chi connectivity index (χ1) is 9.54. The molecular formula is C12H16N2O6. The van der Waals surface area contributed by atoms with Crippen molar-refractivity contribution in [2.45, 2.75) is 30.6 Å². The van der Waals surface area contributed by atoms with Crippen LogP contribution in [0.1, 0.15) is 10.4 Å². The molecule has 2 rings (SSSR count). The maximum atomic E-state index is 11.9. The van der Waals surface area contributed by atoms with Crippen LogP contribution in [0.2, 0.25) is 0 Å². The molecule has 0 saturated carbocycles. The highest BCUT2D eigenvalue weighted by atomic mass is 16.6. The Morgan fingerprint density at radius 3 is 2.70 bits per heavy atom. The lowest BCUT2D eigenvalue weighted by Crippen LogP contribution is -2.64. The first-order valence-electron chi connectivity index (χ1n) is 6.06. The fourth-order valence-electron chi connectivity index (χ4n) is 1.98. The van der Waals surface area contributed by atoms with E-state index in [9.17, 15) is 20.1 Å². The average Bonchev–Trinajstić information content (AvgIpc) is 2.48. The van der Waals surface area contributed by atoms with Crippen LogP contribution in [0.25, 0.3) is 0 Å². The van der Waals surface area contributed by atoms with Gasteiger partial charge in [0.25, 0.3) is 5.91 Å². The predicted octanol–water partition coefficient (Wildman–Crippen LogP) is -2.39. The molecule has 8 heteroatoms. The van der Waals surface area contributed by atoms with Crippen LogP contribution in [0.5, 0.6) is 0 Å². The number of carbonyl (C=O) groups is 1. The lowest BCUT2D eigenvalue weighted by atomic mass is 9.97. The summed E-state index contributed by atoms with van der Waals surface area (Å²) in [5.74, 6) is -0.570. The van der Waals surface area contributed by atoms with E-state index in [1.165, 1.54) is 18.5 Å². The Morgan fingerprint density at radius 1 is 1.35 bits per heavy atom. The first kappa shape index (κ1) is 14.8. The van der Waals surface area contributed by atoms with Gasteiger partial charge >= 0.3 is 0 Å². The molecule has 8 nitrogen and oxygen atoms in total. The Hall–Kier alpha value is -1.58. The Kier molecular flexibility index (Phi) is 4.63. The highest BCUT2D eigenvalue weighted by Gasteiger charge is 2.44. The number of hydrogen-bond acceptors (Lipinski definition) is 7. The van der Waals surface area contributed by atoms with E-state index >= 15 is 0 Å². The van der Waals surface area contributed by atoms with Crippen molar-refractivity contribution in [1.82, 2.24) is 10.3 Å². The van der Waals surface area contributed by atoms with Gasteiger partial charge in [0.05, 0.1) is 12.2 Å². The number of aliphatic hydroxyl groups is 4. The van der Waals surface area contributed by atoms with Gasteiger partial charge in [-0.05, 0) is 12.1 Å². The van der Waals surface area contributed by atoms with Crippen LogP contribution in [-0.2, 0) is 4.74 Å². The standard InChI is InChI=1S/C12H16N2O6/c15-5-7-9(16)10(17)8(12(19)20-7)14-11(18)6-2-1-3-13-4-6/h1-4,7-10,12,15-17,19H,5H2,(H,14,18)/t7-,8-,9-,10-,12-/m1/s1. The van der Waals surface area contributed by atoms with Crippen molar-refractivity contribution in [2.75, 3.05) is 6.61 Å². The molecule has 1 fully saturated rings. The van der Waals surface area contributed by atoms with Crippen molar-refractivity contribution in [3.63, 3.8) is 0 Å². The molecule has 5 atom stereocenters. The second-order valence-electron chi connectivity index (χ2n) is 4.47. The number of hydrogen-bond donors (Lipinski definition) is 5. The third kappa shape index (κ3) is 2.94. The Bertz CT molecular complexity index is 457.